The summed E-state index contributed by atoms with van der Waals surface area (Å²) in [6.07, 6.45) is -5.33. The van der Waals surface area contributed by atoms with Gasteiger partial charge in [0.2, 0.25) is 12.4 Å². The van der Waals surface area contributed by atoms with Crippen LogP contribution in [0.1, 0.15) is 27.7 Å². The molecule has 0 aromatic heterocycles. The van der Waals surface area contributed by atoms with Crippen molar-refractivity contribution < 1.29 is 42.9 Å². The second kappa shape index (κ2) is 8.11. The standard InChI is InChI=1S/C13H17ClO9/c1-5(15)19-9-10(20-6(2)16)12(14)23-13(22-8(4)18)11(9)21-7(3)17/h9-13H,1-4H3/t9-,10-,11+,12-,13+/m1/s1. The maximum absolute atomic E-state index is 11.3. The first-order chi connectivity index (χ1) is 10.6. The summed E-state index contributed by atoms with van der Waals surface area (Å²) in [7, 11) is 0. The van der Waals surface area contributed by atoms with Crippen LogP contribution < -0.4 is 0 Å². The summed E-state index contributed by atoms with van der Waals surface area (Å²) in [6.45, 7) is 4.43. The van der Waals surface area contributed by atoms with Gasteiger partial charge in [0.25, 0.3) is 0 Å². The van der Waals surface area contributed by atoms with Crippen LogP contribution in [0.5, 0.6) is 0 Å². The fourth-order valence-electron chi connectivity index (χ4n) is 1.98. The Morgan fingerprint density at radius 1 is 0.696 bits per heavy atom. The van der Waals surface area contributed by atoms with E-state index in [1.165, 1.54) is 0 Å². The lowest BCUT2D eigenvalue weighted by atomic mass is 10.0. The van der Waals surface area contributed by atoms with Crippen molar-refractivity contribution in [2.45, 2.75) is 57.9 Å². The van der Waals surface area contributed by atoms with E-state index in [4.69, 9.17) is 35.3 Å². The van der Waals surface area contributed by atoms with Gasteiger partial charge in [0.15, 0.2) is 17.8 Å². The van der Waals surface area contributed by atoms with E-state index >= 15 is 0 Å². The SMILES string of the molecule is CC(=O)O[C@H]1O[C@@H](Cl)[C@H](OC(C)=O)[C@@H](OC(C)=O)[C@@H]1OC(C)=O. The number of alkyl halides is 1. The van der Waals surface area contributed by atoms with Crippen molar-refractivity contribution in [1.29, 1.82) is 0 Å². The summed E-state index contributed by atoms with van der Waals surface area (Å²) >= 11 is 5.96. The smallest absolute Gasteiger partial charge is 0.305 e. The molecule has 0 radical (unpaired) electrons. The molecule has 1 saturated heterocycles. The molecule has 1 rings (SSSR count). The van der Waals surface area contributed by atoms with Crippen LogP contribution in [0.15, 0.2) is 0 Å². The summed E-state index contributed by atoms with van der Waals surface area (Å²) in [5.41, 5.74) is -1.29. The molecule has 5 atom stereocenters. The van der Waals surface area contributed by atoms with E-state index in [-0.39, 0.29) is 0 Å². The molecule has 0 N–H and O–H groups in total. The molecule has 0 saturated carbocycles. The number of esters is 4. The van der Waals surface area contributed by atoms with E-state index in [2.05, 4.69) is 0 Å². The van der Waals surface area contributed by atoms with E-state index in [1.54, 1.807) is 0 Å². The van der Waals surface area contributed by atoms with Gasteiger partial charge in [0.05, 0.1) is 0 Å². The molecule has 1 aliphatic rings. The first-order valence-corrected chi connectivity index (χ1v) is 7.04. The Bertz CT molecular complexity index is 492. The minimum atomic E-state index is -1.42. The van der Waals surface area contributed by atoms with Crippen molar-refractivity contribution in [3.8, 4) is 0 Å². The molecule has 1 fully saturated rings. The van der Waals surface area contributed by atoms with Gasteiger partial charge in [0.1, 0.15) is 0 Å². The van der Waals surface area contributed by atoms with Gasteiger partial charge in [-0.15, -0.1) is 0 Å². The van der Waals surface area contributed by atoms with Gasteiger partial charge in [-0.05, 0) is 0 Å². The first-order valence-electron chi connectivity index (χ1n) is 6.60. The fraction of sp³-hybridized carbons (Fsp3) is 0.692. The number of hydrogen-bond donors (Lipinski definition) is 0. The Labute approximate surface area is 137 Å². The quantitative estimate of drug-likeness (QED) is 0.399. The second-order valence-electron chi connectivity index (χ2n) is 4.69. The molecule has 23 heavy (non-hydrogen) atoms. The minimum absolute atomic E-state index is 0.714. The molecule has 130 valence electrons. The molecule has 0 unspecified atom stereocenters. The van der Waals surface area contributed by atoms with Crippen molar-refractivity contribution in [3.05, 3.63) is 0 Å². The van der Waals surface area contributed by atoms with Gasteiger partial charge < -0.3 is 23.7 Å². The Morgan fingerprint density at radius 2 is 1.09 bits per heavy atom. The zero-order chi connectivity index (χ0) is 17.7. The van der Waals surface area contributed by atoms with Crippen LogP contribution in [0.2, 0.25) is 0 Å². The molecule has 9 nitrogen and oxygen atoms in total. The summed E-state index contributed by atoms with van der Waals surface area (Å²) in [4.78, 5) is 45.0. The van der Waals surface area contributed by atoms with Gasteiger partial charge in [0, 0.05) is 27.7 Å². The maximum Gasteiger partial charge on any atom is 0.305 e. The molecule has 0 bridgehead atoms. The lowest BCUT2D eigenvalue weighted by molar-refractivity contribution is -0.282. The molecular weight excluding hydrogens is 336 g/mol. The molecule has 0 spiro atoms. The number of carbonyl (C=O) groups is 4. The topological polar surface area (TPSA) is 114 Å². The fourth-order valence-corrected chi connectivity index (χ4v) is 2.28. The number of hydrogen-bond acceptors (Lipinski definition) is 9. The van der Waals surface area contributed by atoms with Crippen molar-refractivity contribution >= 4 is 35.5 Å². The summed E-state index contributed by atoms with van der Waals surface area (Å²) in [5.74, 6) is -2.93. The van der Waals surface area contributed by atoms with Crippen molar-refractivity contribution in [2.75, 3.05) is 0 Å². The Kier molecular flexibility index (Phi) is 6.77. The van der Waals surface area contributed by atoms with Crippen molar-refractivity contribution in [2.24, 2.45) is 0 Å². The van der Waals surface area contributed by atoms with Crippen molar-refractivity contribution in [3.63, 3.8) is 0 Å². The third-order valence-electron chi connectivity index (χ3n) is 2.63. The first kappa shape index (κ1) is 19.2. The lowest BCUT2D eigenvalue weighted by Gasteiger charge is -2.41. The zero-order valence-corrected chi connectivity index (χ0v) is 13.7. The molecular formula is C13H17ClO9. The highest BCUT2D eigenvalue weighted by Gasteiger charge is 2.52. The van der Waals surface area contributed by atoms with Crippen LogP contribution in [-0.4, -0.2) is 54.0 Å². The predicted molar refractivity (Wildman–Crippen MR) is 72.9 cm³/mol. The molecule has 0 aliphatic carbocycles. The van der Waals surface area contributed by atoms with Crippen LogP contribution in [0.25, 0.3) is 0 Å². The highest BCUT2D eigenvalue weighted by atomic mass is 35.5. The largest absolute Gasteiger partial charge is 0.454 e. The number of carbonyl (C=O) groups excluding carboxylic acids is 4. The molecule has 0 amide bonds. The van der Waals surface area contributed by atoms with Crippen LogP contribution >= 0.6 is 11.6 Å². The van der Waals surface area contributed by atoms with Crippen LogP contribution in [0.3, 0.4) is 0 Å². The van der Waals surface area contributed by atoms with Gasteiger partial charge >= 0.3 is 23.9 Å². The molecule has 1 heterocycles. The number of rotatable bonds is 4. The molecule has 10 heteroatoms. The van der Waals surface area contributed by atoms with Crippen molar-refractivity contribution in [1.82, 2.24) is 0 Å². The average molecular weight is 353 g/mol. The highest BCUT2D eigenvalue weighted by Crippen LogP contribution is 2.31. The predicted octanol–water partition coefficient (Wildman–Crippen LogP) is 0.266. The van der Waals surface area contributed by atoms with Crippen LogP contribution in [0, 0.1) is 0 Å². The van der Waals surface area contributed by atoms with Gasteiger partial charge in [-0.3, -0.25) is 19.2 Å². The van der Waals surface area contributed by atoms with E-state index in [1.807, 2.05) is 0 Å². The third-order valence-corrected chi connectivity index (χ3v) is 2.98. The zero-order valence-electron chi connectivity index (χ0n) is 12.9. The monoisotopic (exact) mass is 352 g/mol. The van der Waals surface area contributed by atoms with Crippen LogP contribution in [-0.2, 0) is 42.9 Å². The second-order valence-corrected chi connectivity index (χ2v) is 5.12. The summed E-state index contributed by atoms with van der Waals surface area (Å²) < 4.78 is 25.1. The molecule has 0 aromatic rings. The average Bonchev–Trinajstić information content (AvgIpc) is 2.36. The number of ether oxygens (including phenoxy) is 5. The summed E-state index contributed by atoms with van der Waals surface area (Å²) in [6, 6.07) is 0. The Morgan fingerprint density at radius 3 is 1.52 bits per heavy atom. The summed E-state index contributed by atoms with van der Waals surface area (Å²) in [5, 5.41) is 0. The Balaban J connectivity index is 3.15. The van der Waals surface area contributed by atoms with E-state index in [0.29, 0.717) is 0 Å². The van der Waals surface area contributed by atoms with Gasteiger partial charge in [-0.1, -0.05) is 11.6 Å². The van der Waals surface area contributed by atoms with E-state index < -0.39 is 54.0 Å². The van der Waals surface area contributed by atoms with Gasteiger partial charge in [-0.25, -0.2) is 0 Å². The third kappa shape index (κ3) is 5.68. The van der Waals surface area contributed by atoms with E-state index in [0.717, 1.165) is 27.7 Å². The normalized spacial score (nSPS) is 30.0. The number of halogens is 1. The minimum Gasteiger partial charge on any atom is -0.454 e. The lowest BCUT2D eigenvalue weighted by Crippen LogP contribution is -2.60. The molecule has 0 aromatic carbocycles. The Hall–Kier alpha value is -1.87. The highest BCUT2D eigenvalue weighted by molar-refractivity contribution is 6.20. The maximum atomic E-state index is 11.3. The van der Waals surface area contributed by atoms with Crippen LogP contribution in [0.4, 0.5) is 0 Å². The molecule has 1 aliphatic heterocycles. The van der Waals surface area contributed by atoms with E-state index in [9.17, 15) is 19.2 Å². The van der Waals surface area contributed by atoms with Gasteiger partial charge in [-0.2, -0.15) is 0 Å².